The molecule has 0 aliphatic rings. The van der Waals surface area contributed by atoms with Crippen molar-refractivity contribution in [2.24, 2.45) is 0 Å². The number of amides is 1. The first-order chi connectivity index (χ1) is 14.9. The molecule has 3 aromatic carbocycles. The van der Waals surface area contributed by atoms with Gasteiger partial charge in [0.2, 0.25) is 5.91 Å². The average Bonchev–Trinajstić information content (AvgIpc) is 2.77. The minimum atomic E-state index is -1.09. The van der Waals surface area contributed by atoms with Crippen molar-refractivity contribution in [1.82, 2.24) is 5.32 Å². The fourth-order valence-corrected chi connectivity index (χ4v) is 3.33. The van der Waals surface area contributed by atoms with E-state index in [0.29, 0.717) is 6.54 Å². The lowest BCUT2D eigenvalue weighted by Gasteiger charge is -2.12. The third-order valence-corrected chi connectivity index (χ3v) is 4.96. The largest absolute Gasteiger partial charge is 0.478 e. The average molecular weight is 418 g/mol. The van der Waals surface area contributed by atoms with Gasteiger partial charge in [0.1, 0.15) is 0 Å². The number of nitrogens with one attached hydrogen (secondary N) is 2. The molecule has 0 unspecified atom stereocenters. The minimum absolute atomic E-state index is 0.0549. The normalized spacial score (nSPS) is 11.7. The fourth-order valence-electron chi connectivity index (χ4n) is 3.33. The Bertz CT molecular complexity index is 1030. The number of aliphatic hydroxyl groups excluding tert-OH is 1. The maximum absolute atomic E-state index is 11.4. The summed E-state index contributed by atoms with van der Waals surface area (Å²) >= 11 is 0. The zero-order valence-corrected chi connectivity index (χ0v) is 17.3. The lowest BCUT2D eigenvalue weighted by molar-refractivity contribution is -0.114. The van der Waals surface area contributed by atoms with Crippen LogP contribution in [0.2, 0.25) is 0 Å². The smallest absolute Gasteiger partial charge is 0.337 e. The fraction of sp³-hybridized carbons (Fsp3) is 0.200. The first kappa shape index (κ1) is 22.2. The Morgan fingerprint density at radius 2 is 1.61 bits per heavy atom. The SMILES string of the molecule is CC(=O)Nc1cc(-c2ccc(CCNC[C@H](O)c3ccccc3)cc2)ccc1C(=O)O. The molecule has 0 radical (unpaired) electrons. The predicted octanol–water partition coefficient (Wildman–Crippen LogP) is 3.88. The molecule has 31 heavy (non-hydrogen) atoms. The molecule has 0 bridgehead atoms. The van der Waals surface area contributed by atoms with Gasteiger partial charge in [-0.1, -0.05) is 60.7 Å². The van der Waals surface area contributed by atoms with Crippen LogP contribution in [-0.4, -0.2) is 35.2 Å². The van der Waals surface area contributed by atoms with Gasteiger partial charge in [0.25, 0.3) is 0 Å². The number of hydrogen-bond donors (Lipinski definition) is 4. The van der Waals surface area contributed by atoms with Crippen molar-refractivity contribution in [3.8, 4) is 11.1 Å². The third kappa shape index (κ3) is 6.25. The van der Waals surface area contributed by atoms with Crippen molar-refractivity contribution in [2.45, 2.75) is 19.4 Å². The van der Waals surface area contributed by atoms with E-state index in [1.807, 2.05) is 54.6 Å². The molecule has 3 rings (SSSR count). The van der Waals surface area contributed by atoms with Crippen LogP contribution in [0.25, 0.3) is 11.1 Å². The summed E-state index contributed by atoms with van der Waals surface area (Å²) in [4.78, 5) is 22.8. The number of carbonyl (C=O) groups is 2. The highest BCUT2D eigenvalue weighted by atomic mass is 16.4. The second kappa shape index (κ2) is 10.5. The highest BCUT2D eigenvalue weighted by molar-refractivity contribution is 6.00. The van der Waals surface area contributed by atoms with E-state index >= 15 is 0 Å². The third-order valence-electron chi connectivity index (χ3n) is 4.96. The monoisotopic (exact) mass is 418 g/mol. The van der Waals surface area contributed by atoms with Gasteiger partial charge in [-0.25, -0.2) is 4.79 Å². The van der Waals surface area contributed by atoms with Crippen LogP contribution in [0.4, 0.5) is 5.69 Å². The second-order valence-electron chi connectivity index (χ2n) is 7.32. The Balaban J connectivity index is 1.58. The molecule has 0 fully saturated rings. The van der Waals surface area contributed by atoms with Gasteiger partial charge in [-0.15, -0.1) is 0 Å². The molecule has 6 nitrogen and oxygen atoms in total. The molecule has 0 spiro atoms. The molecule has 6 heteroatoms. The number of rotatable bonds is 9. The topological polar surface area (TPSA) is 98.7 Å². The van der Waals surface area contributed by atoms with Crippen molar-refractivity contribution in [2.75, 3.05) is 18.4 Å². The molecule has 1 amide bonds. The molecule has 0 aromatic heterocycles. The molecule has 0 aliphatic heterocycles. The van der Waals surface area contributed by atoms with Gasteiger partial charge in [0.15, 0.2) is 0 Å². The zero-order valence-electron chi connectivity index (χ0n) is 17.3. The van der Waals surface area contributed by atoms with Gasteiger partial charge >= 0.3 is 5.97 Å². The number of aromatic carboxylic acids is 1. The quantitative estimate of drug-likeness (QED) is 0.395. The highest BCUT2D eigenvalue weighted by Gasteiger charge is 2.12. The van der Waals surface area contributed by atoms with E-state index in [9.17, 15) is 19.8 Å². The molecule has 3 aromatic rings. The van der Waals surface area contributed by atoms with Crippen LogP contribution in [0.15, 0.2) is 72.8 Å². The molecular weight excluding hydrogens is 392 g/mol. The molecule has 0 saturated carbocycles. The molecule has 0 saturated heterocycles. The summed E-state index contributed by atoms with van der Waals surface area (Å²) in [7, 11) is 0. The summed E-state index contributed by atoms with van der Waals surface area (Å²) in [5, 5.41) is 25.3. The summed E-state index contributed by atoms with van der Waals surface area (Å²) in [6.45, 7) is 2.58. The van der Waals surface area contributed by atoms with Gasteiger partial charge in [0, 0.05) is 13.5 Å². The van der Waals surface area contributed by atoms with Gasteiger partial charge in [-0.2, -0.15) is 0 Å². The summed E-state index contributed by atoms with van der Waals surface area (Å²) in [5.74, 6) is -1.41. The first-order valence-corrected chi connectivity index (χ1v) is 10.1. The summed E-state index contributed by atoms with van der Waals surface area (Å²) in [5.41, 5.74) is 4.13. The summed E-state index contributed by atoms with van der Waals surface area (Å²) in [6, 6.07) is 22.5. The Labute approximate surface area is 181 Å². The van der Waals surface area contributed by atoms with Crippen molar-refractivity contribution < 1.29 is 19.8 Å². The van der Waals surface area contributed by atoms with Crippen molar-refractivity contribution in [1.29, 1.82) is 0 Å². The number of carbonyl (C=O) groups excluding carboxylic acids is 1. The van der Waals surface area contributed by atoms with E-state index in [2.05, 4.69) is 10.6 Å². The van der Waals surface area contributed by atoms with E-state index in [1.165, 1.54) is 13.0 Å². The van der Waals surface area contributed by atoms with Crippen LogP contribution in [0.3, 0.4) is 0 Å². The molecule has 0 aliphatic carbocycles. The molecule has 1 atom stereocenters. The second-order valence-corrected chi connectivity index (χ2v) is 7.32. The van der Waals surface area contributed by atoms with Crippen LogP contribution in [0.5, 0.6) is 0 Å². The van der Waals surface area contributed by atoms with Crippen molar-refractivity contribution in [3.05, 3.63) is 89.5 Å². The lowest BCUT2D eigenvalue weighted by atomic mass is 10.00. The zero-order chi connectivity index (χ0) is 22.2. The van der Waals surface area contributed by atoms with Crippen LogP contribution in [-0.2, 0) is 11.2 Å². The van der Waals surface area contributed by atoms with Crippen molar-refractivity contribution in [3.63, 3.8) is 0 Å². The van der Waals surface area contributed by atoms with Crippen LogP contribution in [0, 0.1) is 0 Å². The number of hydrogen-bond acceptors (Lipinski definition) is 4. The summed E-state index contributed by atoms with van der Waals surface area (Å²) < 4.78 is 0. The van der Waals surface area contributed by atoms with Crippen LogP contribution < -0.4 is 10.6 Å². The Kier molecular flexibility index (Phi) is 7.54. The number of anilines is 1. The molecule has 0 heterocycles. The standard InChI is InChI=1S/C25H26N2O4/c1-17(28)27-23-15-21(11-12-22(23)25(30)31)19-9-7-18(8-10-19)13-14-26-16-24(29)20-5-3-2-4-6-20/h2-12,15,24,26,29H,13-14,16H2,1H3,(H,27,28)(H,30,31)/t24-/m0/s1. The highest BCUT2D eigenvalue weighted by Crippen LogP contribution is 2.26. The molecular formula is C25H26N2O4. The summed E-state index contributed by atoms with van der Waals surface area (Å²) in [6.07, 6.45) is 0.284. The first-order valence-electron chi connectivity index (χ1n) is 10.1. The maximum Gasteiger partial charge on any atom is 0.337 e. The van der Waals surface area contributed by atoms with E-state index in [4.69, 9.17) is 0 Å². The van der Waals surface area contributed by atoms with Crippen LogP contribution in [0.1, 0.15) is 34.5 Å². The van der Waals surface area contributed by atoms with Crippen molar-refractivity contribution >= 4 is 17.6 Å². The number of benzene rings is 3. The Morgan fingerprint density at radius 3 is 2.26 bits per heavy atom. The van der Waals surface area contributed by atoms with E-state index < -0.39 is 12.1 Å². The van der Waals surface area contributed by atoms with E-state index in [1.54, 1.807) is 12.1 Å². The van der Waals surface area contributed by atoms with Gasteiger partial charge in [0.05, 0.1) is 17.4 Å². The maximum atomic E-state index is 11.4. The predicted molar refractivity (Wildman–Crippen MR) is 121 cm³/mol. The van der Waals surface area contributed by atoms with Gasteiger partial charge in [-0.3, -0.25) is 4.79 Å². The lowest BCUT2D eigenvalue weighted by Crippen LogP contribution is -2.23. The molecule has 4 N–H and O–H groups in total. The number of carboxylic acid groups (broad SMARTS) is 1. The van der Waals surface area contributed by atoms with Crippen LogP contribution >= 0.6 is 0 Å². The van der Waals surface area contributed by atoms with Gasteiger partial charge in [-0.05, 0) is 47.4 Å². The number of aliphatic hydroxyl groups is 1. The van der Waals surface area contributed by atoms with E-state index in [-0.39, 0.29) is 17.2 Å². The minimum Gasteiger partial charge on any atom is -0.478 e. The van der Waals surface area contributed by atoms with E-state index in [0.717, 1.165) is 35.2 Å². The number of carboxylic acids is 1. The Hall–Kier alpha value is -3.48. The molecule has 160 valence electrons. The van der Waals surface area contributed by atoms with Gasteiger partial charge < -0.3 is 20.8 Å². The Morgan fingerprint density at radius 1 is 0.935 bits per heavy atom.